The van der Waals surface area contributed by atoms with Crippen LogP contribution in [0.3, 0.4) is 0 Å². The Labute approximate surface area is 143 Å². The normalized spacial score (nSPS) is 10.4. The molecule has 5 heteroatoms. The van der Waals surface area contributed by atoms with Gasteiger partial charge in [0.1, 0.15) is 5.75 Å². The van der Waals surface area contributed by atoms with Crippen LogP contribution in [0.2, 0.25) is 5.02 Å². The van der Waals surface area contributed by atoms with E-state index in [4.69, 9.17) is 16.3 Å². The quantitative estimate of drug-likeness (QED) is 0.746. The van der Waals surface area contributed by atoms with E-state index < -0.39 is 0 Å². The molecule has 22 heavy (non-hydrogen) atoms. The molecule has 0 fully saturated rings. The van der Waals surface area contributed by atoms with Crippen molar-refractivity contribution in [3.8, 4) is 5.75 Å². The predicted molar refractivity (Wildman–Crippen MR) is 94.1 cm³/mol. The first kappa shape index (κ1) is 16.8. The molecule has 1 N–H and O–H groups in total. The highest BCUT2D eigenvalue weighted by atomic mass is 79.9. The minimum Gasteiger partial charge on any atom is -0.492 e. The van der Waals surface area contributed by atoms with Gasteiger partial charge in [0.15, 0.2) is 0 Å². The molecule has 0 aliphatic heterocycles. The van der Waals surface area contributed by atoms with Crippen LogP contribution in [0.25, 0.3) is 0 Å². The first-order chi connectivity index (χ1) is 10.5. The molecule has 1 amide bonds. The lowest BCUT2D eigenvalue weighted by molar-refractivity contribution is 0.102. The topological polar surface area (TPSA) is 38.3 Å². The number of carbonyl (C=O) groups is 1. The Morgan fingerprint density at radius 1 is 1.32 bits per heavy atom. The van der Waals surface area contributed by atoms with Crippen molar-refractivity contribution in [1.82, 2.24) is 0 Å². The average Bonchev–Trinajstić information content (AvgIpc) is 2.50. The van der Waals surface area contributed by atoms with E-state index in [1.807, 2.05) is 26.0 Å². The zero-order chi connectivity index (χ0) is 16.1. The van der Waals surface area contributed by atoms with Crippen molar-refractivity contribution < 1.29 is 9.53 Å². The fraction of sp³-hybridized carbons (Fsp3) is 0.235. The van der Waals surface area contributed by atoms with Crippen LogP contribution in [0.15, 0.2) is 40.9 Å². The molecule has 0 unspecified atom stereocenters. The van der Waals surface area contributed by atoms with Crippen molar-refractivity contribution in [2.24, 2.45) is 0 Å². The summed E-state index contributed by atoms with van der Waals surface area (Å²) in [7, 11) is 0. The number of hydrogen-bond acceptors (Lipinski definition) is 2. The minimum absolute atomic E-state index is 0.187. The summed E-state index contributed by atoms with van der Waals surface area (Å²) in [6.07, 6.45) is 0.933. The Kier molecular flexibility index (Phi) is 5.86. The van der Waals surface area contributed by atoms with Gasteiger partial charge in [0.25, 0.3) is 5.91 Å². The van der Waals surface area contributed by atoms with Gasteiger partial charge in [-0.1, -0.05) is 24.6 Å². The van der Waals surface area contributed by atoms with Crippen molar-refractivity contribution in [3.05, 3.63) is 57.0 Å². The molecule has 0 spiro atoms. The second-order valence-corrected chi connectivity index (χ2v) is 6.12. The summed E-state index contributed by atoms with van der Waals surface area (Å²) in [5.41, 5.74) is 2.11. The fourth-order valence-electron chi connectivity index (χ4n) is 1.91. The van der Waals surface area contributed by atoms with Crippen LogP contribution in [0.5, 0.6) is 5.75 Å². The Morgan fingerprint density at radius 3 is 2.77 bits per heavy atom. The van der Waals surface area contributed by atoms with Gasteiger partial charge in [0.2, 0.25) is 0 Å². The second kappa shape index (κ2) is 7.65. The molecule has 0 bridgehead atoms. The van der Waals surface area contributed by atoms with Crippen LogP contribution in [0.4, 0.5) is 5.69 Å². The lowest BCUT2D eigenvalue weighted by Gasteiger charge is -2.11. The first-order valence-electron chi connectivity index (χ1n) is 7.01. The standard InChI is InChI=1S/C17H17BrClNO2/c1-3-9-22-16-8-7-12(10-13(16)18)17(21)20-15-6-4-5-14(19)11(15)2/h4-8,10H,3,9H2,1-2H3,(H,20,21). The van der Waals surface area contributed by atoms with E-state index in [0.717, 1.165) is 22.2 Å². The smallest absolute Gasteiger partial charge is 0.255 e. The third-order valence-electron chi connectivity index (χ3n) is 3.17. The van der Waals surface area contributed by atoms with Crippen LogP contribution >= 0.6 is 27.5 Å². The number of amides is 1. The van der Waals surface area contributed by atoms with E-state index in [9.17, 15) is 4.79 Å². The summed E-state index contributed by atoms with van der Waals surface area (Å²) in [4.78, 5) is 12.3. The van der Waals surface area contributed by atoms with E-state index >= 15 is 0 Å². The number of rotatable bonds is 5. The van der Waals surface area contributed by atoms with Crippen molar-refractivity contribution in [2.75, 3.05) is 11.9 Å². The van der Waals surface area contributed by atoms with Gasteiger partial charge in [-0.3, -0.25) is 4.79 Å². The highest BCUT2D eigenvalue weighted by Crippen LogP contribution is 2.27. The number of halogens is 2. The van der Waals surface area contributed by atoms with Crippen molar-refractivity contribution >= 4 is 39.1 Å². The molecule has 2 rings (SSSR count). The zero-order valence-electron chi connectivity index (χ0n) is 12.5. The van der Waals surface area contributed by atoms with Crippen LogP contribution in [-0.4, -0.2) is 12.5 Å². The maximum absolute atomic E-state index is 12.3. The molecule has 0 saturated heterocycles. The summed E-state index contributed by atoms with van der Waals surface area (Å²) in [6, 6.07) is 10.7. The molecule has 2 aromatic carbocycles. The maximum atomic E-state index is 12.3. The highest BCUT2D eigenvalue weighted by Gasteiger charge is 2.11. The molecule has 0 aliphatic carbocycles. The van der Waals surface area contributed by atoms with Gasteiger partial charge in [-0.15, -0.1) is 0 Å². The summed E-state index contributed by atoms with van der Waals surface area (Å²) in [6.45, 7) is 4.56. The molecule has 0 aromatic heterocycles. The third kappa shape index (κ3) is 4.02. The Morgan fingerprint density at radius 2 is 2.09 bits per heavy atom. The SMILES string of the molecule is CCCOc1ccc(C(=O)Nc2cccc(Cl)c2C)cc1Br. The third-order valence-corrected chi connectivity index (χ3v) is 4.20. The Hall–Kier alpha value is -1.52. The fourth-order valence-corrected chi connectivity index (χ4v) is 2.58. The lowest BCUT2D eigenvalue weighted by Crippen LogP contribution is -2.13. The number of carbonyl (C=O) groups excluding carboxylic acids is 1. The predicted octanol–water partition coefficient (Wildman–Crippen LogP) is 5.45. The molecule has 0 radical (unpaired) electrons. The number of ether oxygens (including phenoxy) is 1. The number of hydrogen-bond donors (Lipinski definition) is 1. The molecule has 0 heterocycles. The molecule has 0 aliphatic rings. The first-order valence-corrected chi connectivity index (χ1v) is 8.19. The summed E-state index contributed by atoms with van der Waals surface area (Å²) in [5.74, 6) is 0.547. The van der Waals surface area contributed by atoms with Crippen molar-refractivity contribution in [2.45, 2.75) is 20.3 Å². The largest absolute Gasteiger partial charge is 0.492 e. The van der Waals surface area contributed by atoms with Crippen LogP contribution in [0.1, 0.15) is 29.3 Å². The van der Waals surface area contributed by atoms with Crippen LogP contribution in [0, 0.1) is 6.92 Å². The van der Waals surface area contributed by atoms with E-state index in [2.05, 4.69) is 21.2 Å². The Balaban J connectivity index is 2.16. The van der Waals surface area contributed by atoms with Gasteiger partial charge in [-0.25, -0.2) is 0 Å². The van der Waals surface area contributed by atoms with E-state index in [-0.39, 0.29) is 5.91 Å². The minimum atomic E-state index is -0.187. The van der Waals surface area contributed by atoms with Gasteiger partial charge in [-0.05, 0) is 65.2 Å². The monoisotopic (exact) mass is 381 g/mol. The number of benzene rings is 2. The van der Waals surface area contributed by atoms with Crippen molar-refractivity contribution in [3.63, 3.8) is 0 Å². The van der Waals surface area contributed by atoms with E-state index in [1.165, 1.54) is 0 Å². The average molecular weight is 383 g/mol. The van der Waals surface area contributed by atoms with Gasteiger partial charge in [0, 0.05) is 16.3 Å². The maximum Gasteiger partial charge on any atom is 0.255 e. The Bertz CT molecular complexity index is 688. The van der Waals surface area contributed by atoms with Gasteiger partial charge >= 0.3 is 0 Å². The van der Waals surface area contributed by atoms with Gasteiger partial charge in [-0.2, -0.15) is 0 Å². The summed E-state index contributed by atoms with van der Waals surface area (Å²) in [5, 5.41) is 3.50. The molecule has 0 saturated carbocycles. The molecule has 0 atom stereocenters. The molecule has 116 valence electrons. The molecule has 2 aromatic rings. The summed E-state index contributed by atoms with van der Waals surface area (Å²) < 4.78 is 6.34. The van der Waals surface area contributed by atoms with Gasteiger partial charge in [0.05, 0.1) is 11.1 Å². The van der Waals surface area contributed by atoms with Gasteiger partial charge < -0.3 is 10.1 Å². The van der Waals surface area contributed by atoms with E-state index in [1.54, 1.807) is 24.3 Å². The lowest BCUT2D eigenvalue weighted by atomic mass is 10.1. The zero-order valence-corrected chi connectivity index (χ0v) is 14.8. The highest BCUT2D eigenvalue weighted by molar-refractivity contribution is 9.10. The van der Waals surface area contributed by atoms with E-state index in [0.29, 0.717) is 22.9 Å². The van der Waals surface area contributed by atoms with Crippen LogP contribution < -0.4 is 10.1 Å². The molecule has 3 nitrogen and oxygen atoms in total. The molecular formula is C17H17BrClNO2. The molecular weight excluding hydrogens is 366 g/mol. The number of anilines is 1. The second-order valence-electron chi connectivity index (χ2n) is 4.86. The van der Waals surface area contributed by atoms with Crippen molar-refractivity contribution in [1.29, 1.82) is 0 Å². The summed E-state index contributed by atoms with van der Waals surface area (Å²) >= 11 is 9.49. The van der Waals surface area contributed by atoms with Crippen LogP contribution in [-0.2, 0) is 0 Å². The number of nitrogens with one attached hydrogen (secondary N) is 1.